The van der Waals surface area contributed by atoms with Gasteiger partial charge in [0.05, 0.1) is 7.11 Å². The van der Waals surface area contributed by atoms with Crippen LogP contribution < -0.4 is 14.8 Å². The van der Waals surface area contributed by atoms with Crippen molar-refractivity contribution in [3.8, 4) is 34.3 Å². The van der Waals surface area contributed by atoms with Gasteiger partial charge in [0.2, 0.25) is 5.82 Å². The molecule has 4 rings (SSSR count). The number of benzene rings is 3. The van der Waals surface area contributed by atoms with Crippen LogP contribution in [-0.2, 0) is 4.79 Å². The van der Waals surface area contributed by atoms with Crippen LogP contribution in [0, 0.1) is 13.8 Å². The molecule has 1 aromatic heterocycles. The second-order valence-corrected chi connectivity index (χ2v) is 7.26. The monoisotopic (exact) mass is 429 g/mol. The maximum absolute atomic E-state index is 12.3. The zero-order valence-electron chi connectivity index (χ0n) is 18.1. The number of aromatic nitrogens is 2. The average molecular weight is 429 g/mol. The van der Waals surface area contributed by atoms with E-state index in [1.54, 1.807) is 19.2 Å². The normalized spacial score (nSPS) is 10.6. The van der Waals surface area contributed by atoms with Crippen LogP contribution in [0.15, 0.2) is 71.3 Å². The lowest BCUT2D eigenvalue weighted by atomic mass is 10.1. The fourth-order valence-corrected chi connectivity index (χ4v) is 3.12. The molecule has 32 heavy (non-hydrogen) atoms. The Morgan fingerprint density at radius 2 is 1.69 bits per heavy atom. The van der Waals surface area contributed by atoms with E-state index in [0.717, 1.165) is 28.0 Å². The van der Waals surface area contributed by atoms with E-state index in [1.165, 1.54) is 0 Å². The molecule has 162 valence electrons. The van der Waals surface area contributed by atoms with Gasteiger partial charge in [-0.25, -0.2) is 0 Å². The van der Waals surface area contributed by atoms with Crippen molar-refractivity contribution in [3.63, 3.8) is 0 Å². The van der Waals surface area contributed by atoms with E-state index in [1.807, 2.05) is 68.4 Å². The number of ether oxygens (including phenoxy) is 2. The summed E-state index contributed by atoms with van der Waals surface area (Å²) >= 11 is 0. The lowest BCUT2D eigenvalue weighted by Crippen LogP contribution is -2.20. The van der Waals surface area contributed by atoms with Crippen molar-refractivity contribution in [1.29, 1.82) is 0 Å². The molecular weight excluding hydrogens is 406 g/mol. The van der Waals surface area contributed by atoms with Gasteiger partial charge in [0.25, 0.3) is 11.8 Å². The molecule has 0 atom stereocenters. The first-order valence-electron chi connectivity index (χ1n) is 10.1. The maximum atomic E-state index is 12.3. The quantitative estimate of drug-likeness (QED) is 0.443. The Kier molecular flexibility index (Phi) is 6.17. The first kappa shape index (κ1) is 21.1. The molecule has 0 bridgehead atoms. The summed E-state index contributed by atoms with van der Waals surface area (Å²) in [5, 5.41) is 6.87. The number of nitrogens with one attached hydrogen (secondary N) is 1. The first-order valence-corrected chi connectivity index (χ1v) is 10.1. The highest BCUT2D eigenvalue weighted by molar-refractivity contribution is 5.92. The van der Waals surface area contributed by atoms with Gasteiger partial charge < -0.3 is 19.3 Å². The highest BCUT2D eigenvalue weighted by atomic mass is 16.5. The average Bonchev–Trinajstić information content (AvgIpc) is 3.31. The Bertz CT molecular complexity index is 1210. The topological polar surface area (TPSA) is 86.5 Å². The lowest BCUT2D eigenvalue weighted by Gasteiger charge is -2.11. The van der Waals surface area contributed by atoms with Crippen molar-refractivity contribution in [2.45, 2.75) is 13.8 Å². The minimum absolute atomic E-state index is 0.0685. The number of hydrogen-bond acceptors (Lipinski definition) is 6. The number of aryl methyl sites for hydroxylation is 1. The van der Waals surface area contributed by atoms with Gasteiger partial charge in [-0.2, -0.15) is 4.98 Å². The van der Waals surface area contributed by atoms with Gasteiger partial charge in [-0.3, -0.25) is 4.79 Å². The summed E-state index contributed by atoms with van der Waals surface area (Å²) in [5.41, 5.74) is 4.38. The Morgan fingerprint density at radius 1 is 0.969 bits per heavy atom. The van der Waals surface area contributed by atoms with Crippen LogP contribution in [0.5, 0.6) is 11.5 Å². The van der Waals surface area contributed by atoms with Gasteiger partial charge in [-0.05, 0) is 79.6 Å². The molecule has 0 fully saturated rings. The minimum Gasteiger partial charge on any atom is -0.497 e. The molecule has 0 unspecified atom stereocenters. The molecule has 0 saturated carbocycles. The van der Waals surface area contributed by atoms with E-state index < -0.39 is 0 Å². The Labute approximate surface area is 186 Å². The van der Waals surface area contributed by atoms with E-state index in [9.17, 15) is 4.79 Å². The van der Waals surface area contributed by atoms with Crippen LogP contribution in [0.3, 0.4) is 0 Å². The highest BCUT2D eigenvalue weighted by Crippen LogP contribution is 2.25. The van der Waals surface area contributed by atoms with Crippen molar-refractivity contribution in [3.05, 3.63) is 77.9 Å². The van der Waals surface area contributed by atoms with Crippen molar-refractivity contribution in [2.75, 3.05) is 19.0 Å². The molecule has 3 aromatic carbocycles. The molecule has 1 heterocycles. The fraction of sp³-hybridized carbons (Fsp3) is 0.160. The number of rotatable bonds is 7. The summed E-state index contributed by atoms with van der Waals surface area (Å²) in [5.74, 6) is 2.11. The van der Waals surface area contributed by atoms with Gasteiger partial charge in [0, 0.05) is 16.8 Å². The predicted octanol–water partition coefficient (Wildman–Crippen LogP) is 5.05. The van der Waals surface area contributed by atoms with E-state index in [2.05, 4.69) is 15.5 Å². The molecule has 0 radical (unpaired) electrons. The second-order valence-electron chi connectivity index (χ2n) is 7.26. The number of nitrogens with zero attached hydrogens (tertiary/aromatic N) is 2. The van der Waals surface area contributed by atoms with Gasteiger partial charge >= 0.3 is 0 Å². The summed E-state index contributed by atoms with van der Waals surface area (Å²) in [4.78, 5) is 16.7. The molecule has 1 amide bonds. The smallest absolute Gasteiger partial charge is 0.262 e. The molecule has 0 spiro atoms. The lowest BCUT2D eigenvalue weighted by molar-refractivity contribution is -0.118. The zero-order valence-corrected chi connectivity index (χ0v) is 18.1. The third-order valence-electron chi connectivity index (χ3n) is 5.10. The second kappa shape index (κ2) is 9.34. The van der Waals surface area contributed by atoms with Gasteiger partial charge in [-0.1, -0.05) is 17.3 Å². The van der Waals surface area contributed by atoms with Crippen molar-refractivity contribution < 1.29 is 18.8 Å². The Hall–Kier alpha value is -4.13. The maximum Gasteiger partial charge on any atom is 0.262 e. The molecule has 0 saturated heterocycles. The fourth-order valence-electron chi connectivity index (χ4n) is 3.12. The number of anilines is 1. The standard InChI is InChI=1S/C25H23N3O4/c1-16-5-4-6-22(17(16)2)31-15-23(29)26-20-11-7-19(8-12-20)25-27-24(28-32-25)18-9-13-21(30-3)14-10-18/h4-14H,15H2,1-3H3,(H,26,29). The highest BCUT2D eigenvalue weighted by Gasteiger charge is 2.12. The van der Waals surface area contributed by atoms with Crippen molar-refractivity contribution in [2.24, 2.45) is 0 Å². The molecule has 1 N–H and O–H groups in total. The van der Waals surface area contributed by atoms with Gasteiger partial charge in [-0.15, -0.1) is 0 Å². The first-order chi connectivity index (χ1) is 15.5. The predicted molar refractivity (Wildman–Crippen MR) is 122 cm³/mol. The number of amides is 1. The number of hydrogen-bond donors (Lipinski definition) is 1. The molecule has 0 aliphatic rings. The summed E-state index contributed by atoms with van der Waals surface area (Å²) in [6.45, 7) is 3.91. The summed E-state index contributed by atoms with van der Waals surface area (Å²) in [6.07, 6.45) is 0. The van der Waals surface area contributed by atoms with E-state index in [0.29, 0.717) is 23.2 Å². The molecule has 0 aliphatic carbocycles. The van der Waals surface area contributed by atoms with E-state index >= 15 is 0 Å². The minimum atomic E-state index is -0.238. The molecule has 4 aromatic rings. The largest absolute Gasteiger partial charge is 0.497 e. The van der Waals surface area contributed by atoms with E-state index in [4.69, 9.17) is 14.0 Å². The summed E-state index contributed by atoms with van der Waals surface area (Å²) in [6, 6.07) is 20.4. The molecule has 7 heteroatoms. The van der Waals surface area contributed by atoms with Crippen LogP contribution in [0.25, 0.3) is 22.8 Å². The number of carbonyl (C=O) groups is 1. The summed E-state index contributed by atoms with van der Waals surface area (Å²) < 4.78 is 16.2. The van der Waals surface area contributed by atoms with Gasteiger partial charge in [0.1, 0.15) is 11.5 Å². The van der Waals surface area contributed by atoms with Crippen molar-refractivity contribution in [1.82, 2.24) is 10.1 Å². The zero-order chi connectivity index (χ0) is 22.5. The van der Waals surface area contributed by atoms with Crippen LogP contribution in [0.1, 0.15) is 11.1 Å². The number of methoxy groups -OCH3 is 1. The van der Waals surface area contributed by atoms with Crippen molar-refractivity contribution >= 4 is 11.6 Å². The Morgan fingerprint density at radius 3 is 2.41 bits per heavy atom. The third-order valence-corrected chi connectivity index (χ3v) is 5.10. The van der Waals surface area contributed by atoms with Crippen LogP contribution in [0.4, 0.5) is 5.69 Å². The van der Waals surface area contributed by atoms with Crippen LogP contribution >= 0.6 is 0 Å². The molecule has 0 aliphatic heterocycles. The third kappa shape index (κ3) is 4.78. The van der Waals surface area contributed by atoms with Crippen LogP contribution in [0.2, 0.25) is 0 Å². The SMILES string of the molecule is COc1ccc(-c2noc(-c3ccc(NC(=O)COc4cccc(C)c4C)cc3)n2)cc1. The van der Waals surface area contributed by atoms with Gasteiger partial charge in [0.15, 0.2) is 6.61 Å². The molecular formula is C25H23N3O4. The van der Waals surface area contributed by atoms with E-state index in [-0.39, 0.29) is 12.5 Å². The Balaban J connectivity index is 1.37. The number of carbonyl (C=O) groups excluding carboxylic acids is 1. The van der Waals surface area contributed by atoms with Crippen LogP contribution in [-0.4, -0.2) is 29.8 Å². The summed E-state index contributed by atoms with van der Waals surface area (Å²) in [7, 11) is 1.62. The molecule has 7 nitrogen and oxygen atoms in total.